The number of nitrogens with one attached hydrogen (secondary N) is 2. The third-order valence-electron chi connectivity index (χ3n) is 4.98. The molecule has 0 saturated heterocycles. The van der Waals surface area contributed by atoms with Crippen LogP contribution in [0.1, 0.15) is 5.56 Å². The first-order valence-corrected chi connectivity index (χ1v) is 8.79. The highest BCUT2D eigenvalue weighted by Crippen LogP contribution is 2.31. The molecular formula is C21H15N5O. The molecule has 0 radical (unpaired) electrons. The predicted molar refractivity (Wildman–Crippen MR) is 105 cm³/mol. The molecule has 3 heterocycles. The largest absolute Gasteiger partial charge is 0.443 e. The molecule has 2 N–H and O–H groups in total. The van der Waals surface area contributed by atoms with Gasteiger partial charge in [-0.25, -0.2) is 9.97 Å². The van der Waals surface area contributed by atoms with E-state index in [1.54, 1.807) is 0 Å². The number of fused-ring (bicyclic) bond motifs is 3. The maximum absolute atomic E-state index is 5.40. The van der Waals surface area contributed by atoms with Crippen molar-refractivity contribution >= 4 is 33.5 Å². The van der Waals surface area contributed by atoms with Gasteiger partial charge in [-0.3, -0.25) is 10.4 Å². The van der Waals surface area contributed by atoms with Gasteiger partial charge in [0, 0.05) is 5.56 Å². The Labute approximate surface area is 154 Å². The molecule has 0 spiro atoms. The van der Waals surface area contributed by atoms with E-state index in [9.17, 15) is 0 Å². The maximum atomic E-state index is 5.40. The van der Waals surface area contributed by atoms with Gasteiger partial charge in [-0.1, -0.05) is 18.2 Å². The zero-order chi connectivity index (χ0) is 17.8. The summed E-state index contributed by atoms with van der Waals surface area (Å²) in [7, 11) is 0. The van der Waals surface area contributed by atoms with Crippen molar-refractivity contribution in [3.63, 3.8) is 0 Å². The van der Waals surface area contributed by atoms with Crippen LogP contribution in [0.15, 0.2) is 71.5 Å². The van der Waals surface area contributed by atoms with Gasteiger partial charge in [0.1, 0.15) is 11.3 Å². The lowest BCUT2D eigenvalue weighted by Gasteiger charge is -2.18. The van der Waals surface area contributed by atoms with Crippen molar-refractivity contribution in [1.29, 1.82) is 0 Å². The third-order valence-corrected chi connectivity index (χ3v) is 4.98. The summed E-state index contributed by atoms with van der Waals surface area (Å²) in [4.78, 5) is 12.3. The van der Waals surface area contributed by atoms with Gasteiger partial charge in [0.25, 0.3) is 0 Å². The normalized spacial score (nSPS) is 13.3. The Bertz CT molecular complexity index is 1280. The average Bonchev–Trinajstić information content (AvgIpc) is 3.42. The third kappa shape index (κ3) is 2.27. The molecule has 0 bridgehead atoms. The highest BCUT2D eigenvalue weighted by molar-refractivity contribution is 5.85. The minimum absolute atomic E-state index is 0.757. The molecule has 6 rings (SSSR count). The van der Waals surface area contributed by atoms with E-state index in [1.807, 2.05) is 30.3 Å². The van der Waals surface area contributed by atoms with Crippen molar-refractivity contribution in [2.24, 2.45) is 0 Å². The van der Waals surface area contributed by atoms with Gasteiger partial charge in [-0.2, -0.15) is 0 Å². The lowest BCUT2D eigenvalue weighted by molar-refractivity contribution is 0.602. The van der Waals surface area contributed by atoms with E-state index in [2.05, 4.69) is 50.7 Å². The molecule has 0 atom stereocenters. The van der Waals surface area contributed by atoms with Crippen LogP contribution < -0.4 is 10.4 Å². The second-order valence-electron chi connectivity index (χ2n) is 6.68. The number of imidazole rings is 1. The van der Waals surface area contributed by atoms with Crippen LogP contribution in [0.2, 0.25) is 0 Å². The van der Waals surface area contributed by atoms with Crippen LogP contribution in [0, 0.1) is 0 Å². The lowest BCUT2D eigenvalue weighted by Crippen LogP contribution is -2.22. The highest BCUT2D eigenvalue weighted by Gasteiger charge is 2.18. The number of hydrogen-bond donors (Lipinski definition) is 2. The van der Waals surface area contributed by atoms with Gasteiger partial charge in [-0.05, 0) is 48.0 Å². The Morgan fingerprint density at radius 1 is 0.963 bits per heavy atom. The average molecular weight is 353 g/mol. The number of nitrogens with zero attached hydrogens (tertiary/aromatic N) is 3. The molecule has 2 aromatic heterocycles. The second kappa shape index (κ2) is 5.35. The zero-order valence-corrected chi connectivity index (χ0v) is 14.3. The SMILES string of the molecule is c1ccc2c(c1)CN(c1ccc3nc(-c4ccc5ncoc5c4)[nH]c3c1)N2. The van der Waals surface area contributed by atoms with Gasteiger partial charge in [0.2, 0.25) is 0 Å². The standard InChI is InChI=1S/C21H15N5O/c1-2-4-16-14(3-1)11-26(25-16)15-6-8-17-19(10-15)24-21(23-17)13-5-7-18-20(9-13)27-12-22-18/h1-10,12,25H,11H2,(H,23,24). The fourth-order valence-corrected chi connectivity index (χ4v) is 3.58. The van der Waals surface area contributed by atoms with E-state index in [-0.39, 0.29) is 0 Å². The fourth-order valence-electron chi connectivity index (χ4n) is 3.58. The summed E-state index contributed by atoms with van der Waals surface area (Å²) in [6.45, 7) is 0.838. The van der Waals surface area contributed by atoms with Crippen molar-refractivity contribution in [1.82, 2.24) is 15.0 Å². The fraction of sp³-hybridized carbons (Fsp3) is 0.0476. The van der Waals surface area contributed by atoms with E-state index < -0.39 is 0 Å². The van der Waals surface area contributed by atoms with Crippen LogP contribution >= 0.6 is 0 Å². The molecule has 6 nitrogen and oxygen atoms in total. The Morgan fingerprint density at radius 3 is 2.85 bits per heavy atom. The zero-order valence-electron chi connectivity index (χ0n) is 14.3. The van der Waals surface area contributed by atoms with Crippen LogP contribution in [0.5, 0.6) is 0 Å². The molecule has 1 aliphatic heterocycles. The topological polar surface area (TPSA) is 70.0 Å². The van der Waals surface area contributed by atoms with Crippen LogP contribution in [-0.4, -0.2) is 15.0 Å². The summed E-state index contributed by atoms with van der Waals surface area (Å²) in [6, 6.07) is 20.5. The lowest BCUT2D eigenvalue weighted by atomic mass is 10.2. The predicted octanol–water partition coefficient (Wildman–Crippen LogP) is 4.72. The van der Waals surface area contributed by atoms with Gasteiger partial charge in [-0.15, -0.1) is 0 Å². The smallest absolute Gasteiger partial charge is 0.181 e. The molecule has 6 heteroatoms. The summed E-state index contributed by atoms with van der Waals surface area (Å²) >= 11 is 0. The number of oxazole rings is 1. The van der Waals surface area contributed by atoms with E-state index in [0.717, 1.165) is 51.4 Å². The van der Waals surface area contributed by atoms with Crippen LogP contribution in [0.3, 0.4) is 0 Å². The number of rotatable bonds is 2. The van der Waals surface area contributed by atoms with Crippen LogP contribution in [0.4, 0.5) is 11.4 Å². The molecule has 0 aliphatic carbocycles. The van der Waals surface area contributed by atoms with Crippen molar-refractivity contribution in [2.45, 2.75) is 6.54 Å². The molecule has 27 heavy (non-hydrogen) atoms. The first-order valence-electron chi connectivity index (χ1n) is 8.79. The van der Waals surface area contributed by atoms with Crippen LogP contribution in [-0.2, 0) is 6.54 Å². The van der Waals surface area contributed by atoms with Gasteiger partial charge in [0.05, 0.1) is 29.0 Å². The highest BCUT2D eigenvalue weighted by atomic mass is 16.3. The minimum Gasteiger partial charge on any atom is -0.443 e. The monoisotopic (exact) mass is 353 g/mol. The van der Waals surface area contributed by atoms with Gasteiger partial charge >= 0.3 is 0 Å². The number of H-pyrrole nitrogens is 1. The number of anilines is 2. The van der Waals surface area contributed by atoms with Gasteiger partial charge < -0.3 is 9.40 Å². The summed E-state index contributed by atoms with van der Waals surface area (Å²) in [5.74, 6) is 0.818. The number of hydrazine groups is 1. The van der Waals surface area contributed by atoms with Crippen LogP contribution in [0.25, 0.3) is 33.5 Å². The first kappa shape index (κ1) is 14.4. The number of benzene rings is 3. The molecule has 5 aromatic rings. The summed E-state index contributed by atoms with van der Waals surface area (Å²) in [5, 5.41) is 2.14. The van der Waals surface area contributed by atoms with Crippen molar-refractivity contribution in [3.8, 4) is 11.4 Å². The molecule has 3 aromatic carbocycles. The van der Waals surface area contributed by atoms with E-state index in [1.165, 1.54) is 12.0 Å². The molecule has 1 aliphatic rings. The molecular weight excluding hydrogens is 338 g/mol. The van der Waals surface area contributed by atoms with E-state index in [0.29, 0.717) is 0 Å². The summed E-state index contributed by atoms with van der Waals surface area (Å²) in [5.41, 5.74) is 11.5. The Balaban J connectivity index is 1.37. The maximum Gasteiger partial charge on any atom is 0.181 e. The number of para-hydroxylation sites is 1. The van der Waals surface area contributed by atoms with Crippen molar-refractivity contribution in [3.05, 3.63) is 72.6 Å². The molecule has 130 valence electrons. The Morgan fingerprint density at radius 2 is 1.89 bits per heavy atom. The molecule has 0 fully saturated rings. The number of aromatic amines is 1. The van der Waals surface area contributed by atoms with Gasteiger partial charge in [0.15, 0.2) is 12.0 Å². The minimum atomic E-state index is 0.757. The van der Waals surface area contributed by atoms with Crippen molar-refractivity contribution in [2.75, 3.05) is 10.4 Å². The summed E-state index contributed by atoms with van der Waals surface area (Å²) in [6.07, 6.45) is 1.46. The first-order chi connectivity index (χ1) is 13.3. The molecule has 0 saturated carbocycles. The number of aromatic nitrogens is 3. The summed E-state index contributed by atoms with van der Waals surface area (Å²) < 4.78 is 5.40. The van der Waals surface area contributed by atoms with E-state index >= 15 is 0 Å². The molecule has 0 amide bonds. The van der Waals surface area contributed by atoms with Crippen molar-refractivity contribution < 1.29 is 4.42 Å². The number of hydrogen-bond acceptors (Lipinski definition) is 5. The quantitative estimate of drug-likeness (QED) is 0.481. The Kier molecular flexibility index (Phi) is 2.85. The molecule has 0 unspecified atom stereocenters. The second-order valence-corrected chi connectivity index (χ2v) is 6.68. The Hall–Kier alpha value is -3.80. The van der Waals surface area contributed by atoms with E-state index in [4.69, 9.17) is 9.40 Å².